The molecule has 1 N–H and O–H groups in total. The lowest BCUT2D eigenvalue weighted by Crippen LogP contribution is -2.40. The van der Waals surface area contributed by atoms with Crippen LogP contribution in [0.4, 0.5) is 0 Å². The summed E-state index contributed by atoms with van der Waals surface area (Å²) >= 11 is 0. The summed E-state index contributed by atoms with van der Waals surface area (Å²) < 4.78 is 0. The molecule has 0 amide bonds. The van der Waals surface area contributed by atoms with E-state index >= 15 is 0 Å². The number of aliphatic carboxylic acids is 1. The van der Waals surface area contributed by atoms with Gasteiger partial charge in [-0.1, -0.05) is 18.6 Å². The van der Waals surface area contributed by atoms with Crippen LogP contribution in [0.25, 0.3) is 0 Å². The molecule has 0 bridgehead atoms. The first-order chi connectivity index (χ1) is 8.58. The zero-order valence-corrected chi connectivity index (χ0v) is 11.6. The second kappa shape index (κ2) is 5.87. The molecule has 2 atom stereocenters. The Morgan fingerprint density at radius 3 is 2.61 bits per heavy atom. The van der Waals surface area contributed by atoms with Gasteiger partial charge in [0.25, 0.3) is 0 Å². The van der Waals surface area contributed by atoms with E-state index in [1.165, 1.54) is 18.4 Å². The largest absolute Gasteiger partial charge is 0.481 e. The van der Waals surface area contributed by atoms with Crippen molar-refractivity contribution in [2.75, 3.05) is 19.6 Å². The van der Waals surface area contributed by atoms with Crippen LogP contribution in [0.5, 0.6) is 0 Å². The van der Waals surface area contributed by atoms with Gasteiger partial charge in [-0.2, -0.15) is 0 Å². The van der Waals surface area contributed by atoms with Crippen LogP contribution in [0.15, 0.2) is 11.6 Å². The summed E-state index contributed by atoms with van der Waals surface area (Å²) in [4.78, 5) is 13.4. The molecule has 1 aliphatic heterocycles. The van der Waals surface area contributed by atoms with Crippen molar-refractivity contribution in [3.8, 4) is 0 Å². The molecule has 18 heavy (non-hydrogen) atoms. The standard InChI is InChI=1S/C15H25NO2/c1-11-4-3-5-12(2)14(11)10-16-8-6-13(7-9-16)15(17)18/h4,12-14H,3,5-10H2,1-2H3,(H,17,18). The number of likely N-dealkylation sites (tertiary alicyclic amines) is 1. The van der Waals surface area contributed by atoms with E-state index in [0.717, 1.165) is 38.4 Å². The maximum Gasteiger partial charge on any atom is 0.306 e. The number of hydrogen-bond donors (Lipinski definition) is 1. The number of piperidine rings is 1. The van der Waals surface area contributed by atoms with Crippen LogP contribution in [0.1, 0.15) is 39.5 Å². The van der Waals surface area contributed by atoms with Gasteiger partial charge in [0.2, 0.25) is 0 Å². The van der Waals surface area contributed by atoms with E-state index in [4.69, 9.17) is 5.11 Å². The Morgan fingerprint density at radius 2 is 2.06 bits per heavy atom. The monoisotopic (exact) mass is 251 g/mol. The number of carbonyl (C=O) groups is 1. The maximum absolute atomic E-state index is 10.9. The van der Waals surface area contributed by atoms with Gasteiger partial charge in [0.1, 0.15) is 0 Å². The Morgan fingerprint density at radius 1 is 1.39 bits per heavy atom. The third-order valence-corrected chi connectivity index (χ3v) is 4.75. The second-order valence-corrected chi connectivity index (χ2v) is 6.02. The predicted octanol–water partition coefficient (Wildman–Crippen LogP) is 2.78. The van der Waals surface area contributed by atoms with Crippen molar-refractivity contribution in [3.63, 3.8) is 0 Å². The summed E-state index contributed by atoms with van der Waals surface area (Å²) in [6.45, 7) is 7.63. The van der Waals surface area contributed by atoms with Crippen LogP contribution >= 0.6 is 0 Å². The molecule has 102 valence electrons. The normalized spacial score (nSPS) is 31.1. The maximum atomic E-state index is 10.9. The molecule has 1 fully saturated rings. The van der Waals surface area contributed by atoms with Crippen molar-refractivity contribution in [3.05, 3.63) is 11.6 Å². The molecule has 3 heteroatoms. The number of carboxylic acids is 1. The van der Waals surface area contributed by atoms with Gasteiger partial charge in [-0.15, -0.1) is 0 Å². The van der Waals surface area contributed by atoms with Crippen molar-refractivity contribution in [2.45, 2.75) is 39.5 Å². The quantitative estimate of drug-likeness (QED) is 0.784. The average molecular weight is 251 g/mol. The highest BCUT2D eigenvalue weighted by molar-refractivity contribution is 5.70. The van der Waals surface area contributed by atoms with E-state index in [0.29, 0.717) is 5.92 Å². The third kappa shape index (κ3) is 3.14. The minimum atomic E-state index is -0.614. The van der Waals surface area contributed by atoms with Gasteiger partial charge in [0.05, 0.1) is 5.92 Å². The molecule has 2 aliphatic rings. The fraction of sp³-hybridized carbons (Fsp3) is 0.800. The average Bonchev–Trinajstić information content (AvgIpc) is 2.34. The molecule has 0 radical (unpaired) electrons. The van der Waals surface area contributed by atoms with Gasteiger partial charge in [-0.25, -0.2) is 0 Å². The van der Waals surface area contributed by atoms with Crippen molar-refractivity contribution < 1.29 is 9.90 Å². The molecule has 0 aromatic carbocycles. The highest BCUT2D eigenvalue weighted by Gasteiger charge is 2.28. The van der Waals surface area contributed by atoms with E-state index < -0.39 is 5.97 Å². The molecule has 0 saturated carbocycles. The molecule has 1 saturated heterocycles. The lowest BCUT2D eigenvalue weighted by Gasteiger charge is -2.36. The van der Waals surface area contributed by atoms with E-state index in [1.807, 2.05) is 0 Å². The first-order valence-electron chi connectivity index (χ1n) is 7.19. The topological polar surface area (TPSA) is 40.5 Å². The summed E-state index contributed by atoms with van der Waals surface area (Å²) in [6.07, 6.45) is 6.55. The van der Waals surface area contributed by atoms with Crippen LogP contribution in [0.2, 0.25) is 0 Å². The number of nitrogens with zero attached hydrogens (tertiary/aromatic N) is 1. The second-order valence-electron chi connectivity index (χ2n) is 6.02. The van der Waals surface area contributed by atoms with Crippen LogP contribution in [-0.2, 0) is 4.79 Å². The first-order valence-corrected chi connectivity index (χ1v) is 7.19. The summed E-state index contributed by atoms with van der Waals surface area (Å²) in [5.41, 5.74) is 1.54. The van der Waals surface area contributed by atoms with Crippen LogP contribution < -0.4 is 0 Å². The third-order valence-electron chi connectivity index (χ3n) is 4.75. The van der Waals surface area contributed by atoms with E-state index in [1.54, 1.807) is 0 Å². The number of carboxylic acid groups (broad SMARTS) is 1. The molecule has 2 rings (SSSR count). The van der Waals surface area contributed by atoms with Gasteiger partial charge in [-0.3, -0.25) is 4.79 Å². The predicted molar refractivity (Wildman–Crippen MR) is 72.4 cm³/mol. The lowest BCUT2D eigenvalue weighted by atomic mass is 9.79. The molecular weight excluding hydrogens is 226 g/mol. The fourth-order valence-electron chi connectivity index (χ4n) is 3.34. The molecule has 3 nitrogen and oxygen atoms in total. The summed E-state index contributed by atoms with van der Waals surface area (Å²) in [6, 6.07) is 0. The van der Waals surface area contributed by atoms with Gasteiger partial charge >= 0.3 is 5.97 Å². The Balaban J connectivity index is 1.86. The van der Waals surface area contributed by atoms with Crippen LogP contribution in [-0.4, -0.2) is 35.6 Å². The smallest absolute Gasteiger partial charge is 0.306 e. The van der Waals surface area contributed by atoms with Gasteiger partial charge in [-0.05, 0) is 57.5 Å². The minimum absolute atomic E-state index is 0.110. The SMILES string of the molecule is CC1=CCCC(C)C1CN1CCC(C(=O)O)CC1. The Labute approximate surface area is 110 Å². The molecule has 1 heterocycles. The molecular formula is C15H25NO2. The van der Waals surface area contributed by atoms with Crippen molar-refractivity contribution >= 4 is 5.97 Å². The summed E-state index contributed by atoms with van der Waals surface area (Å²) in [5, 5.41) is 9.00. The van der Waals surface area contributed by atoms with E-state index in [2.05, 4.69) is 24.8 Å². The molecule has 1 aliphatic carbocycles. The van der Waals surface area contributed by atoms with Crippen molar-refractivity contribution in [1.82, 2.24) is 4.90 Å². The first kappa shape index (κ1) is 13.6. The lowest BCUT2D eigenvalue weighted by molar-refractivity contribution is -0.143. The van der Waals surface area contributed by atoms with E-state index in [9.17, 15) is 4.79 Å². The van der Waals surface area contributed by atoms with Gasteiger partial charge < -0.3 is 10.0 Å². The zero-order valence-electron chi connectivity index (χ0n) is 11.6. The Kier molecular flexibility index (Phi) is 4.44. The highest BCUT2D eigenvalue weighted by Crippen LogP contribution is 2.31. The summed E-state index contributed by atoms with van der Waals surface area (Å²) in [5.74, 6) is 0.728. The van der Waals surface area contributed by atoms with Crippen LogP contribution in [0, 0.1) is 17.8 Å². The fourth-order valence-corrected chi connectivity index (χ4v) is 3.34. The van der Waals surface area contributed by atoms with E-state index in [-0.39, 0.29) is 5.92 Å². The molecule has 2 unspecified atom stereocenters. The van der Waals surface area contributed by atoms with Gasteiger partial charge in [0.15, 0.2) is 0 Å². The number of hydrogen-bond acceptors (Lipinski definition) is 2. The van der Waals surface area contributed by atoms with Crippen molar-refractivity contribution in [1.29, 1.82) is 0 Å². The minimum Gasteiger partial charge on any atom is -0.481 e. The number of rotatable bonds is 3. The highest BCUT2D eigenvalue weighted by atomic mass is 16.4. The molecule has 0 aromatic rings. The van der Waals surface area contributed by atoms with Crippen molar-refractivity contribution in [2.24, 2.45) is 17.8 Å². The summed E-state index contributed by atoms with van der Waals surface area (Å²) in [7, 11) is 0. The molecule has 0 spiro atoms. The zero-order chi connectivity index (χ0) is 13.1. The van der Waals surface area contributed by atoms with Gasteiger partial charge in [0, 0.05) is 6.54 Å². The Bertz CT molecular complexity index is 329. The number of allylic oxidation sites excluding steroid dienone is 1. The Hall–Kier alpha value is -0.830. The van der Waals surface area contributed by atoms with Crippen LogP contribution in [0.3, 0.4) is 0 Å². The molecule has 0 aromatic heterocycles.